The second-order valence-electron chi connectivity index (χ2n) is 15.9. The molecule has 0 aliphatic rings. The summed E-state index contributed by atoms with van der Waals surface area (Å²) in [5.41, 5.74) is 3.22. The number of benzene rings is 8. The maximum Gasteiger partial charge on any atom is 0.132 e. The van der Waals surface area contributed by atoms with Crippen LogP contribution in [0.5, 0.6) is 11.5 Å². The number of rotatable bonds is 13. The number of hydrogen-bond acceptors (Lipinski definition) is 6. The number of aliphatic hydroxyl groups excluding tert-OH is 2. The molecule has 0 aliphatic carbocycles. The molecule has 67 heavy (non-hydrogen) atoms. The van der Waals surface area contributed by atoms with Crippen LogP contribution >= 0.6 is 15.8 Å². The molecule has 0 aliphatic heterocycles. The molecule has 0 saturated heterocycles. The van der Waals surface area contributed by atoms with Crippen LogP contribution in [0.2, 0.25) is 0 Å². The van der Waals surface area contributed by atoms with Gasteiger partial charge in [0.25, 0.3) is 0 Å². The van der Waals surface area contributed by atoms with E-state index in [0.29, 0.717) is 11.1 Å². The first-order valence-electron chi connectivity index (χ1n) is 22.1. The molecule has 4 N–H and O–H groups in total. The van der Waals surface area contributed by atoms with Crippen LogP contribution in [0.1, 0.15) is 62.0 Å². The van der Waals surface area contributed by atoms with Gasteiger partial charge in [0, 0.05) is 68.1 Å². The Balaban J connectivity index is 0.000000866. The summed E-state index contributed by atoms with van der Waals surface area (Å²) in [6.45, 7) is 6.89. The van der Waals surface area contributed by atoms with Crippen LogP contribution in [0.4, 0.5) is 0 Å². The molecule has 0 amide bonds. The molecule has 0 spiro atoms. The van der Waals surface area contributed by atoms with E-state index in [-0.39, 0.29) is 45.4 Å². The summed E-state index contributed by atoms with van der Waals surface area (Å²) in [5, 5.41) is 46.5. The Bertz CT molecular complexity index is 2440. The molecule has 0 fully saturated rings. The number of aliphatic imine (C=N–C) groups is 2. The number of para-hydroxylation sites is 2. The van der Waals surface area contributed by atoms with Gasteiger partial charge in [-0.05, 0) is 88.0 Å². The first kappa shape index (κ1) is 52.2. The zero-order valence-corrected chi connectivity index (χ0v) is 41.7. The Kier molecular flexibility index (Phi) is 21.1. The summed E-state index contributed by atoms with van der Waals surface area (Å²) in [4.78, 5) is 10.5. The third kappa shape index (κ3) is 15.1. The van der Waals surface area contributed by atoms with E-state index in [2.05, 4.69) is 72.8 Å². The third-order valence-electron chi connectivity index (χ3n) is 9.96. The molecule has 0 saturated carbocycles. The molecule has 8 rings (SSSR count). The maximum atomic E-state index is 12.0. The van der Waals surface area contributed by atoms with Gasteiger partial charge in [-0.3, -0.25) is 9.98 Å². The Morgan fingerprint density at radius 3 is 0.851 bits per heavy atom. The standard InChI is InChI=1S/C52H42N2O2P2.2C3H8O.Ti/c55-51-41(25-19-35-47(51)57(43-27-11-3-12-28-43)44-29-13-4-14-30-44)37-53-49(39-21-7-1-8-22-39)50(40-23-9-2-10-24-40)54-38-42-26-20-36-48(52(42)56)58(45-31-15-5-16-32-45)46-33-17-6-18-34-46;2*1-3(2)4;/h1-38,49-50,55-56H;2*3-4H,1-2H3;/t49-,50-;;;/m1.../s1. The van der Waals surface area contributed by atoms with Crippen LogP contribution in [0.25, 0.3) is 0 Å². The molecular formula is C58H58N2O4P2Ti. The van der Waals surface area contributed by atoms with Crippen molar-refractivity contribution in [2.75, 3.05) is 0 Å². The van der Waals surface area contributed by atoms with E-state index in [1.807, 2.05) is 146 Å². The van der Waals surface area contributed by atoms with Crippen molar-refractivity contribution in [1.29, 1.82) is 0 Å². The van der Waals surface area contributed by atoms with Gasteiger partial charge in [-0.15, -0.1) is 0 Å². The van der Waals surface area contributed by atoms with Crippen molar-refractivity contribution >= 4 is 60.1 Å². The predicted molar refractivity (Wildman–Crippen MR) is 282 cm³/mol. The van der Waals surface area contributed by atoms with Crippen LogP contribution in [0.15, 0.2) is 228 Å². The summed E-state index contributed by atoms with van der Waals surface area (Å²) in [6.07, 6.45) is 3.24. The Hall–Kier alpha value is -5.81. The van der Waals surface area contributed by atoms with E-state index in [1.54, 1.807) is 40.1 Å². The summed E-state index contributed by atoms with van der Waals surface area (Å²) in [7, 11) is -2.06. The van der Waals surface area contributed by atoms with E-state index in [0.717, 1.165) is 43.0 Å². The van der Waals surface area contributed by atoms with Gasteiger partial charge in [-0.1, -0.05) is 206 Å². The quantitative estimate of drug-likeness (QED) is 0.0525. The largest absolute Gasteiger partial charge is 0.507 e. The minimum Gasteiger partial charge on any atom is -0.507 e. The number of aromatic hydroxyl groups is 2. The Morgan fingerprint density at radius 2 is 0.597 bits per heavy atom. The summed E-state index contributed by atoms with van der Waals surface area (Å²) < 4.78 is 0. The second kappa shape index (κ2) is 27.1. The van der Waals surface area contributed by atoms with Gasteiger partial charge in [0.2, 0.25) is 0 Å². The van der Waals surface area contributed by atoms with E-state index in [4.69, 9.17) is 20.2 Å². The number of aliphatic hydroxyl groups is 2. The maximum absolute atomic E-state index is 12.0. The van der Waals surface area contributed by atoms with Crippen molar-refractivity contribution in [1.82, 2.24) is 0 Å². The van der Waals surface area contributed by atoms with Gasteiger partial charge >= 0.3 is 0 Å². The monoisotopic (exact) mass is 956 g/mol. The Morgan fingerprint density at radius 1 is 0.358 bits per heavy atom. The number of hydrogen-bond donors (Lipinski definition) is 4. The predicted octanol–water partition coefficient (Wildman–Crippen LogP) is 10.4. The van der Waals surface area contributed by atoms with Crippen molar-refractivity contribution in [3.63, 3.8) is 0 Å². The van der Waals surface area contributed by atoms with Crippen LogP contribution in [0, 0.1) is 0 Å². The second-order valence-corrected chi connectivity index (χ2v) is 20.3. The van der Waals surface area contributed by atoms with Gasteiger partial charge in [0.1, 0.15) is 23.6 Å². The number of phenolic OH excluding ortho intramolecular Hbond substituents is 2. The van der Waals surface area contributed by atoms with Crippen LogP contribution in [-0.4, -0.2) is 45.1 Å². The van der Waals surface area contributed by atoms with E-state index >= 15 is 0 Å². The molecule has 8 aromatic rings. The fourth-order valence-corrected chi connectivity index (χ4v) is 11.9. The van der Waals surface area contributed by atoms with Crippen LogP contribution in [-0.2, 0) is 21.7 Å². The van der Waals surface area contributed by atoms with E-state index < -0.39 is 27.9 Å². The first-order chi connectivity index (χ1) is 32.1. The molecular weight excluding hydrogens is 898 g/mol. The molecule has 2 atom stereocenters. The molecule has 6 nitrogen and oxygen atoms in total. The van der Waals surface area contributed by atoms with Gasteiger partial charge in [-0.25, -0.2) is 0 Å². The molecule has 338 valence electrons. The summed E-state index contributed by atoms with van der Waals surface area (Å²) in [6, 6.07) is 72.8. The SMILES string of the molecule is CC(C)O.CC(C)O.Oc1c(C=N[C@H](c2ccccc2)[C@H](N=Cc2cccc(P(c3ccccc3)c3ccccc3)c2O)c2ccccc2)cccc1P(c1ccccc1)c1ccccc1.[Ti]. The normalized spacial score (nSPS) is 12.0. The molecule has 0 bridgehead atoms. The van der Waals surface area contributed by atoms with E-state index in [9.17, 15) is 10.2 Å². The van der Waals surface area contributed by atoms with Gasteiger partial charge in [0.05, 0.1) is 0 Å². The molecule has 8 aromatic carbocycles. The topological polar surface area (TPSA) is 106 Å². The van der Waals surface area contributed by atoms with Gasteiger partial charge < -0.3 is 20.4 Å². The first-order valence-corrected chi connectivity index (χ1v) is 24.8. The summed E-state index contributed by atoms with van der Waals surface area (Å²) in [5.74, 6) is 0.429. The molecule has 9 heteroatoms. The van der Waals surface area contributed by atoms with Gasteiger partial charge in [0.15, 0.2) is 0 Å². The smallest absolute Gasteiger partial charge is 0.132 e. The zero-order chi connectivity index (χ0) is 46.7. The fourth-order valence-electron chi connectivity index (χ4n) is 7.15. The van der Waals surface area contributed by atoms with Crippen molar-refractivity contribution in [3.8, 4) is 11.5 Å². The number of phenols is 2. The third-order valence-corrected chi connectivity index (χ3v) is 14.9. The minimum absolute atomic E-state index is 0. The zero-order valence-electron chi connectivity index (χ0n) is 38.3. The van der Waals surface area contributed by atoms with Crippen molar-refractivity contribution < 1.29 is 42.1 Å². The molecule has 0 radical (unpaired) electrons. The molecule has 0 aromatic heterocycles. The summed E-state index contributed by atoms with van der Waals surface area (Å²) >= 11 is 0. The van der Waals surface area contributed by atoms with Crippen molar-refractivity contribution in [2.45, 2.75) is 52.0 Å². The minimum atomic E-state index is -1.03. The van der Waals surface area contributed by atoms with Crippen LogP contribution < -0.4 is 31.8 Å². The molecule has 0 unspecified atom stereocenters. The molecule has 0 heterocycles. The van der Waals surface area contributed by atoms with E-state index in [1.165, 1.54) is 0 Å². The average molecular weight is 957 g/mol. The fraction of sp³-hybridized carbons (Fsp3) is 0.138. The Labute approximate surface area is 413 Å². The number of nitrogens with zero attached hydrogens (tertiary/aromatic N) is 2. The van der Waals surface area contributed by atoms with Crippen molar-refractivity contribution in [3.05, 3.63) is 241 Å². The average Bonchev–Trinajstić information content (AvgIpc) is 3.34. The van der Waals surface area contributed by atoms with Gasteiger partial charge in [-0.2, -0.15) is 0 Å². The van der Waals surface area contributed by atoms with Crippen molar-refractivity contribution in [2.24, 2.45) is 9.98 Å². The van der Waals surface area contributed by atoms with Crippen LogP contribution in [0.3, 0.4) is 0 Å².